The number of hydrogen-bond donors (Lipinski definition) is 7. The summed E-state index contributed by atoms with van der Waals surface area (Å²) in [6.07, 6.45) is 5.42. The number of anilines is 1. The highest BCUT2D eigenvalue weighted by atomic mass is 32.2. The summed E-state index contributed by atoms with van der Waals surface area (Å²) in [6.45, 7) is 2.56. The van der Waals surface area contributed by atoms with Crippen LogP contribution >= 0.6 is 24.0 Å². The van der Waals surface area contributed by atoms with Crippen LogP contribution in [0.25, 0.3) is 6.08 Å². The van der Waals surface area contributed by atoms with Gasteiger partial charge in [0.1, 0.15) is 23.9 Å². The number of rotatable bonds is 21. The molecule has 3 atom stereocenters. The molecule has 17 heteroatoms. The van der Waals surface area contributed by atoms with Gasteiger partial charge in [-0.25, -0.2) is 0 Å². The molecule has 3 rings (SSSR count). The van der Waals surface area contributed by atoms with Crippen LogP contribution < -0.4 is 48.5 Å². The lowest BCUT2D eigenvalue weighted by atomic mass is 10.0. The molecule has 1 heterocycles. The molecule has 15 nitrogen and oxygen atoms in total. The molecule has 0 aliphatic carbocycles. The summed E-state index contributed by atoms with van der Waals surface area (Å²) in [5.41, 5.74) is 23.6. The van der Waals surface area contributed by atoms with E-state index in [4.69, 9.17) is 39.9 Å². The summed E-state index contributed by atoms with van der Waals surface area (Å²) < 4.78 is 5.58. The van der Waals surface area contributed by atoms with Gasteiger partial charge in [0.2, 0.25) is 17.7 Å². The van der Waals surface area contributed by atoms with Crippen LogP contribution in [0.15, 0.2) is 58.4 Å². The van der Waals surface area contributed by atoms with E-state index in [1.54, 1.807) is 61.7 Å². The summed E-state index contributed by atoms with van der Waals surface area (Å²) in [4.78, 5) is 71.5. The molecule has 11 N–H and O–H groups in total. The molecule has 1 aliphatic rings. The first-order valence-electron chi connectivity index (χ1n) is 17.4. The number of nitrogens with two attached hydrogens (primary N) is 4. The number of thioether (sulfide) groups is 1. The largest absolute Gasteiger partial charge is 0.497 e. The second-order valence-corrected chi connectivity index (χ2v) is 13.9. The molecule has 1 aliphatic heterocycles. The summed E-state index contributed by atoms with van der Waals surface area (Å²) in [5, 5.41) is 8.19. The lowest BCUT2D eigenvalue weighted by Crippen LogP contribution is -2.56. The van der Waals surface area contributed by atoms with Gasteiger partial charge in [-0.2, -0.15) is 0 Å². The Labute approximate surface area is 319 Å². The number of methoxy groups -OCH3 is 1. The Kier molecular flexibility index (Phi) is 17.2. The molecule has 1 fully saturated rings. The van der Waals surface area contributed by atoms with Gasteiger partial charge in [0.15, 0.2) is 10.3 Å². The number of benzene rings is 2. The number of unbranched alkanes of at least 4 members (excludes halogenated alkanes) is 2. The van der Waals surface area contributed by atoms with Crippen molar-refractivity contribution in [1.82, 2.24) is 16.0 Å². The molecule has 0 aromatic heterocycles. The van der Waals surface area contributed by atoms with E-state index in [1.807, 2.05) is 6.92 Å². The van der Waals surface area contributed by atoms with E-state index in [0.29, 0.717) is 64.9 Å². The molecule has 0 saturated carbocycles. The molecule has 286 valence electrons. The molecule has 0 spiro atoms. The molecular formula is C36H49N9O6S2. The molecule has 0 unspecified atom stereocenters. The van der Waals surface area contributed by atoms with Gasteiger partial charge in [-0.1, -0.05) is 55.9 Å². The molecule has 0 radical (unpaired) electrons. The van der Waals surface area contributed by atoms with E-state index < -0.39 is 41.8 Å². The van der Waals surface area contributed by atoms with Crippen molar-refractivity contribution in [2.75, 3.05) is 25.1 Å². The standard InChI is InChI=1S/C36H49N9O6S2/c1-3-4-8-26(30(38)46)42-32(48)27(9-5-6-19-37)44-33(49)28(10-7-20-41-35(39)40)43-31(47)23-13-11-22(12-14-23)21-29-34(50)45(36(52)53-29)24-15-17-25(51-2)18-16-24/h11-18,21,26-28H,3-10,19-20,37H2,1-2H3,(H2,38,46)(H,42,48)(H,43,47)(H,44,49)(H4,39,40,41)/b29-21-/t26-,27-,28-/m0/s1. The van der Waals surface area contributed by atoms with Crippen molar-refractivity contribution < 1.29 is 28.7 Å². The third-order valence-corrected chi connectivity index (χ3v) is 9.55. The minimum absolute atomic E-state index is 0.109. The highest BCUT2D eigenvalue weighted by Crippen LogP contribution is 2.36. The van der Waals surface area contributed by atoms with Gasteiger partial charge < -0.3 is 43.6 Å². The first-order valence-corrected chi connectivity index (χ1v) is 18.6. The van der Waals surface area contributed by atoms with Crippen molar-refractivity contribution >= 4 is 75.6 Å². The number of hydrogen-bond acceptors (Lipinski definition) is 10. The van der Waals surface area contributed by atoms with Gasteiger partial charge in [-0.3, -0.25) is 33.9 Å². The number of ether oxygens (including phenoxy) is 1. The van der Waals surface area contributed by atoms with Crippen LogP contribution in [0.3, 0.4) is 0 Å². The quantitative estimate of drug-likeness (QED) is 0.0318. The normalized spacial score (nSPS) is 15.0. The second kappa shape index (κ2) is 21.5. The van der Waals surface area contributed by atoms with Crippen LogP contribution in [0.2, 0.25) is 0 Å². The average molecular weight is 768 g/mol. The number of guanidine groups is 1. The molecule has 0 bridgehead atoms. The summed E-state index contributed by atoms with van der Waals surface area (Å²) in [5.74, 6) is -2.10. The highest BCUT2D eigenvalue weighted by molar-refractivity contribution is 8.27. The van der Waals surface area contributed by atoms with Gasteiger partial charge in [-0.15, -0.1) is 0 Å². The molecule has 2 aromatic carbocycles. The lowest BCUT2D eigenvalue weighted by Gasteiger charge is -2.25. The summed E-state index contributed by atoms with van der Waals surface area (Å²) >= 11 is 6.64. The fourth-order valence-electron chi connectivity index (χ4n) is 5.32. The first-order chi connectivity index (χ1) is 25.4. The Hall–Kier alpha value is -5.00. The number of carbonyl (C=O) groups is 5. The fourth-order valence-corrected chi connectivity index (χ4v) is 6.62. The average Bonchev–Trinajstić information content (AvgIpc) is 3.41. The van der Waals surface area contributed by atoms with Crippen molar-refractivity contribution in [3.05, 3.63) is 64.6 Å². The fraction of sp³-hybridized carbons (Fsp3) is 0.417. The van der Waals surface area contributed by atoms with Gasteiger partial charge in [0.25, 0.3) is 11.8 Å². The summed E-state index contributed by atoms with van der Waals surface area (Å²) in [7, 11) is 1.56. The van der Waals surface area contributed by atoms with E-state index in [1.165, 1.54) is 16.7 Å². The number of aliphatic imine (C=N–C) groups is 1. The minimum Gasteiger partial charge on any atom is -0.497 e. The number of nitrogens with one attached hydrogen (secondary N) is 3. The van der Waals surface area contributed by atoms with Crippen LogP contribution in [-0.4, -0.2) is 78.1 Å². The third kappa shape index (κ3) is 13.2. The topological polar surface area (TPSA) is 250 Å². The van der Waals surface area contributed by atoms with Crippen molar-refractivity contribution in [1.29, 1.82) is 0 Å². The van der Waals surface area contributed by atoms with Crippen LogP contribution in [0.4, 0.5) is 5.69 Å². The minimum atomic E-state index is -1.06. The zero-order chi connectivity index (χ0) is 38.9. The zero-order valence-corrected chi connectivity index (χ0v) is 31.6. The van der Waals surface area contributed by atoms with Crippen molar-refractivity contribution in [2.24, 2.45) is 27.9 Å². The van der Waals surface area contributed by atoms with Gasteiger partial charge in [0, 0.05) is 12.1 Å². The molecule has 53 heavy (non-hydrogen) atoms. The van der Waals surface area contributed by atoms with E-state index in [-0.39, 0.29) is 36.8 Å². The number of primary amides is 1. The zero-order valence-electron chi connectivity index (χ0n) is 30.0. The Morgan fingerprint density at radius 1 is 0.868 bits per heavy atom. The predicted molar refractivity (Wildman–Crippen MR) is 212 cm³/mol. The van der Waals surface area contributed by atoms with E-state index in [9.17, 15) is 24.0 Å². The van der Waals surface area contributed by atoms with Crippen LogP contribution in [0, 0.1) is 0 Å². The lowest BCUT2D eigenvalue weighted by molar-refractivity contribution is -0.132. The maximum atomic E-state index is 13.7. The van der Waals surface area contributed by atoms with E-state index in [0.717, 1.165) is 6.42 Å². The van der Waals surface area contributed by atoms with Crippen LogP contribution in [0.1, 0.15) is 74.2 Å². The van der Waals surface area contributed by atoms with Crippen LogP contribution in [-0.2, 0) is 19.2 Å². The summed E-state index contributed by atoms with van der Waals surface area (Å²) in [6, 6.07) is 10.5. The monoisotopic (exact) mass is 767 g/mol. The Morgan fingerprint density at radius 3 is 2.06 bits per heavy atom. The number of amides is 5. The number of thiocarbonyl (C=S) groups is 1. The smallest absolute Gasteiger partial charge is 0.270 e. The van der Waals surface area contributed by atoms with Crippen molar-refractivity contribution in [3.8, 4) is 5.75 Å². The number of nitrogens with zero attached hydrogens (tertiary/aromatic N) is 2. The predicted octanol–water partition coefficient (Wildman–Crippen LogP) is 2.03. The maximum absolute atomic E-state index is 13.7. The SMILES string of the molecule is CCCC[C@H](NC(=O)[C@H](CCCCN)NC(=O)[C@H](CCCN=C(N)N)NC(=O)c1ccc(/C=C2\SC(=S)N(c3ccc(OC)cc3)C2=O)cc1)C(N)=O. The Morgan fingerprint density at radius 2 is 1.47 bits per heavy atom. The van der Waals surface area contributed by atoms with Gasteiger partial charge in [0.05, 0.1) is 17.7 Å². The maximum Gasteiger partial charge on any atom is 0.270 e. The second-order valence-electron chi connectivity index (χ2n) is 12.3. The van der Waals surface area contributed by atoms with Gasteiger partial charge >= 0.3 is 0 Å². The van der Waals surface area contributed by atoms with Crippen molar-refractivity contribution in [3.63, 3.8) is 0 Å². The van der Waals surface area contributed by atoms with Crippen molar-refractivity contribution in [2.45, 2.75) is 76.4 Å². The molecule has 2 aromatic rings. The first kappa shape index (κ1) is 42.4. The van der Waals surface area contributed by atoms with Gasteiger partial charge in [-0.05, 0) is 93.1 Å². The van der Waals surface area contributed by atoms with E-state index >= 15 is 0 Å². The Balaban J connectivity index is 1.75. The number of carbonyl (C=O) groups excluding carboxylic acids is 5. The Bertz CT molecular complexity index is 1660. The van der Waals surface area contributed by atoms with Crippen LogP contribution in [0.5, 0.6) is 5.75 Å². The molecular weight excluding hydrogens is 719 g/mol. The van der Waals surface area contributed by atoms with E-state index in [2.05, 4.69) is 20.9 Å². The molecule has 1 saturated heterocycles. The third-order valence-electron chi connectivity index (χ3n) is 8.25. The molecule has 5 amide bonds. The highest BCUT2D eigenvalue weighted by Gasteiger charge is 2.33.